The Hall–Kier alpha value is -2.62. The summed E-state index contributed by atoms with van der Waals surface area (Å²) >= 11 is 0. The van der Waals surface area contributed by atoms with Crippen LogP contribution in [0, 0.1) is 0 Å². The first-order valence-electron chi connectivity index (χ1n) is 5.77. The first kappa shape index (κ1) is 12.8. The fourth-order valence-corrected chi connectivity index (χ4v) is 1.77. The molecule has 2 aromatic rings. The van der Waals surface area contributed by atoms with Gasteiger partial charge in [-0.1, -0.05) is 47.6 Å². The largest absolute Gasteiger partial charge is 0.426 e. The van der Waals surface area contributed by atoms with Gasteiger partial charge in [-0.05, 0) is 12.1 Å². The maximum atomic E-state index is 11.1. The first-order valence-corrected chi connectivity index (χ1v) is 5.77. The summed E-state index contributed by atoms with van der Waals surface area (Å²) in [5.41, 5.74) is 1.66. The van der Waals surface area contributed by atoms with Gasteiger partial charge in [0.05, 0.1) is 0 Å². The van der Waals surface area contributed by atoms with Crippen LogP contribution in [-0.4, -0.2) is 16.9 Å². The number of hydrogen-bond donors (Lipinski definition) is 1. The molecule has 0 saturated heterocycles. The Bertz CT molecular complexity index is 606. The third-order valence-electron chi connectivity index (χ3n) is 2.54. The summed E-state index contributed by atoms with van der Waals surface area (Å²) in [7, 11) is 0. The molecule has 4 heteroatoms. The second-order valence-electron chi connectivity index (χ2n) is 3.90. The molecular formula is C15H13NO3. The SMILES string of the molecule is CC(=O)Oc1ccccc1/C(=N\O)c1ccccc1. The van der Waals surface area contributed by atoms with Gasteiger partial charge in [0.1, 0.15) is 11.5 Å². The van der Waals surface area contributed by atoms with Crippen LogP contribution in [0.15, 0.2) is 59.8 Å². The number of rotatable bonds is 3. The molecule has 0 fully saturated rings. The third-order valence-corrected chi connectivity index (χ3v) is 2.54. The number of hydrogen-bond acceptors (Lipinski definition) is 4. The number of esters is 1. The van der Waals surface area contributed by atoms with Crippen molar-refractivity contribution in [2.24, 2.45) is 5.16 Å². The van der Waals surface area contributed by atoms with Crippen molar-refractivity contribution < 1.29 is 14.7 Å². The average Bonchev–Trinajstić information content (AvgIpc) is 2.42. The van der Waals surface area contributed by atoms with E-state index in [0.29, 0.717) is 17.0 Å². The number of benzene rings is 2. The van der Waals surface area contributed by atoms with Gasteiger partial charge < -0.3 is 9.94 Å². The minimum Gasteiger partial charge on any atom is -0.426 e. The van der Waals surface area contributed by atoms with Gasteiger partial charge in [0.15, 0.2) is 0 Å². The summed E-state index contributed by atoms with van der Waals surface area (Å²) in [5.74, 6) is -0.0514. The third kappa shape index (κ3) is 2.98. The predicted octanol–water partition coefficient (Wildman–Crippen LogP) is 2.84. The first-order chi connectivity index (χ1) is 9.22. The van der Waals surface area contributed by atoms with Crippen molar-refractivity contribution in [1.82, 2.24) is 0 Å². The summed E-state index contributed by atoms with van der Waals surface area (Å²) in [4.78, 5) is 11.1. The quantitative estimate of drug-likeness (QED) is 0.301. The van der Waals surface area contributed by atoms with Crippen LogP contribution < -0.4 is 4.74 Å². The monoisotopic (exact) mass is 255 g/mol. The number of nitrogens with zero attached hydrogens (tertiary/aromatic N) is 1. The second kappa shape index (κ2) is 5.82. The summed E-state index contributed by atoms with van der Waals surface area (Å²) in [6, 6.07) is 16.1. The van der Waals surface area contributed by atoms with Crippen LogP contribution in [0.25, 0.3) is 0 Å². The molecule has 4 nitrogen and oxygen atoms in total. The zero-order chi connectivity index (χ0) is 13.7. The lowest BCUT2D eigenvalue weighted by Gasteiger charge is -2.10. The van der Waals surface area contributed by atoms with E-state index in [2.05, 4.69) is 5.16 Å². The van der Waals surface area contributed by atoms with Gasteiger partial charge in [-0.3, -0.25) is 4.79 Å². The molecule has 2 aromatic carbocycles. The van der Waals surface area contributed by atoms with Crippen molar-refractivity contribution >= 4 is 11.7 Å². The molecule has 0 aliphatic carbocycles. The Morgan fingerprint density at radius 2 is 1.68 bits per heavy atom. The predicted molar refractivity (Wildman–Crippen MR) is 71.6 cm³/mol. The zero-order valence-electron chi connectivity index (χ0n) is 10.4. The fraction of sp³-hybridized carbons (Fsp3) is 0.0667. The average molecular weight is 255 g/mol. The highest BCUT2D eigenvalue weighted by Crippen LogP contribution is 2.22. The Morgan fingerprint density at radius 1 is 1.05 bits per heavy atom. The zero-order valence-corrected chi connectivity index (χ0v) is 10.4. The van der Waals surface area contributed by atoms with Crippen LogP contribution in [0.4, 0.5) is 0 Å². The van der Waals surface area contributed by atoms with Gasteiger partial charge in [-0.2, -0.15) is 0 Å². The van der Waals surface area contributed by atoms with Crippen LogP contribution in [-0.2, 0) is 4.79 Å². The Balaban J connectivity index is 2.48. The minimum absolute atomic E-state index is 0.359. The van der Waals surface area contributed by atoms with Crippen LogP contribution in [0.3, 0.4) is 0 Å². The van der Waals surface area contributed by atoms with E-state index in [9.17, 15) is 10.0 Å². The van der Waals surface area contributed by atoms with Crippen LogP contribution >= 0.6 is 0 Å². The number of para-hydroxylation sites is 1. The van der Waals surface area contributed by atoms with Gasteiger partial charge in [0, 0.05) is 18.1 Å². The van der Waals surface area contributed by atoms with Crippen molar-refractivity contribution in [3.05, 3.63) is 65.7 Å². The highest BCUT2D eigenvalue weighted by molar-refractivity contribution is 6.14. The summed E-state index contributed by atoms with van der Waals surface area (Å²) < 4.78 is 5.12. The molecule has 0 spiro atoms. The molecular weight excluding hydrogens is 242 g/mol. The van der Waals surface area contributed by atoms with Gasteiger partial charge in [0.25, 0.3) is 0 Å². The van der Waals surface area contributed by atoms with E-state index in [-0.39, 0.29) is 0 Å². The van der Waals surface area contributed by atoms with E-state index >= 15 is 0 Å². The summed E-state index contributed by atoms with van der Waals surface area (Å²) in [5, 5.41) is 12.6. The lowest BCUT2D eigenvalue weighted by molar-refractivity contribution is -0.131. The molecule has 0 unspecified atom stereocenters. The van der Waals surface area contributed by atoms with Crippen molar-refractivity contribution in [1.29, 1.82) is 0 Å². The molecule has 0 radical (unpaired) electrons. The highest BCUT2D eigenvalue weighted by Gasteiger charge is 2.14. The van der Waals surface area contributed by atoms with Gasteiger partial charge in [0.2, 0.25) is 0 Å². The van der Waals surface area contributed by atoms with Gasteiger partial charge in [-0.15, -0.1) is 0 Å². The molecule has 0 bridgehead atoms. The van der Waals surface area contributed by atoms with E-state index in [0.717, 1.165) is 5.56 Å². The van der Waals surface area contributed by atoms with Gasteiger partial charge >= 0.3 is 5.97 Å². The lowest BCUT2D eigenvalue weighted by Crippen LogP contribution is -2.09. The molecule has 1 N–H and O–H groups in total. The molecule has 0 aromatic heterocycles. The molecule has 0 amide bonds. The van der Waals surface area contributed by atoms with Crippen molar-refractivity contribution in [3.8, 4) is 5.75 Å². The Labute approximate surface area is 111 Å². The molecule has 0 saturated carbocycles. The molecule has 19 heavy (non-hydrogen) atoms. The van der Waals surface area contributed by atoms with Crippen LogP contribution in [0.2, 0.25) is 0 Å². The number of carbonyl (C=O) groups is 1. The van der Waals surface area contributed by atoms with Crippen molar-refractivity contribution in [3.63, 3.8) is 0 Å². The number of ether oxygens (including phenoxy) is 1. The maximum absolute atomic E-state index is 11.1. The normalized spacial score (nSPS) is 11.1. The highest BCUT2D eigenvalue weighted by atomic mass is 16.5. The second-order valence-corrected chi connectivity index (χ2v) is 3.90. The van der Waals surface area contributed by atoms with E-state index in [4.69, 9.17) is 4.74 Å². The molecule has 0 aliphatic rings. The molecule has 2 rings (SSSR count). The van der Waals surface area contributed by atoms with Crippen molar-refractivity contribution in [2.75, 3.05) is 0 Å². The minimum atomic E-state index is -0.419. The molecule has 0 atom stereocenters. The molecule has 0 aliphatic heterocycles. The Kier molecular flexibility index (Phi) is 3.93. The van der Waals surface area contributed by atoms with E-state index in [1.807, 2.05) is 30.3 Å². The van der Waals surface area contributed by atoms with E-state index in [1.54, 1.807) is 24.3 Å². The van der Waals surface area contributed by atoms with Crippen LogP contribution in [0.1, 0.15) is 18.1 Å². The van der Waals surface area contributed by atoms with Crippen LogP contribution in [0.5, 0.6) is 5.75 Å². The lowest BCUT2D eigenvalue weighted by atomic mass is 10.0. The number of carbonyl (C=O) groups excluding carboxylic acids is 1. The van der Waals surface area contributed by atoms with E-state index < -0.39 is 5.97 Å². The maximum Gasteiger partial charge on any atom is 0.308 e. The van der Waals surface area contributed by atoms with Crippen molar-refractivity contribution in [2.45, 2.75) is 6.92 Å². The molecule has 0 heterocycles. The van der Waals surface area contributed by atoms with E-state index in [1.165, 1.54) is 6.92 Å². The smallest absolute Gasteiger partial charge is 0.308 e. The summed E-state index contributed by atoms with van der Waals surface area (Å²) in [6.45, 7) is 1.33. The standard InChI is InChI=1S/C15H13NO3/c1-11(17)19-14-10-6-5-9-13(14)15(16-18)12-7-3-2-4-8-12/h2-10,18H,1H3/b16-15-. The number of oxime groups is 1. The molecule has 96 valence electrons. The fourth-order valence-electron chi connectivity index (χ4n) is 1.77. The van der Waals surface area contributed by atoms with Gasteiger partial charge in [-0.25, -0.2) is 0 Å². The Morgan fingerprint density at radius 3 is 2.32 bits per heavy atom. The summed E-state index contributed by atoms with van der Waals surface area (Å²) in [6.07, 6.45) is 0. The topological polar surface area (TPSA) is 58.9 Å².